The lowest BCUT2D eigenvalue weighted by Crippen LogP contribution is -2.38. The summed E-state index contributed by atoms with van der Waals surface area (Å²) < 4.78 is 11.5. The van der Waals surface area contributed by atoms with Gasteiger partial charge in [-0.3, -0.25) is 9.59 Å². The normalized spacial score (nSPS) is 18.0. The molecule has 0 amide bonds. The highest BCUT2D eigenvalue weighted by molar-refractivity contribution is 5.98. The van der Waals surface area contributed by atoms with E-state index < -0.39 is 17.9 Å². The van der Waals surface area contributed by atoms with Gasteiger partial charge in [-0.15, -0.1) is 0 Å². The van der Waals surface area contributed by atoms with Gasteiger partial charge < -0.3 is 9.47 Å². The molecule has 0 radical (unpaired) electrons. The predicted molar refractivity (Wildman–Crippen MR) is 129 cm³/mol. The van der Waals surface area contributed by atoms with Crippen molar-refractivity contribution < 1.29 is 19.1 Å². The van der Waals surface area contributed by atoms with Crippen LogP contribution in [0.25, 0.3) is 21.5 Å². The van der Waals surface area contributed by atoms with Gasteiger partial charge in [0.1, 0.15) is 11.5 Å². The van der Waals surface area contributed by atoms with Gasteiger partial charge in [-0.05, 0) is 64.1 Å². The van der Waals surface area contributed by atoms with Gasteiger partial charge in [-0.1, -0.05) is 80.4 Å². The van der Waals surface area contributed by atoms with Crippen LogP contribution in [-0.2, 0) is 9.59 Å². The molecule has 4 aromatic rings. The molecule has 4 heteroatoms. The minimum absolute atomic E-state index is 0.0917. The summed E-state index contributed by atoms with van der Waals surface area (Å²) in [5.74, 6) is -1.01. The monoisotopic (exact) mass is 438 g/mol. The summed E-state index contributed by atoms with van der Waals surface area (Å²) in [6.07, 6.45) is 2.80. The van der Waals surface area contributed by atoms with Crippen molar-refractivity contribution in [2.75, 3.05) is 0 Å². The SMILES string of the molecule is CC1CCCC1C(C(=O)Oc1ccc2ccccc2c1)C(=O)Oc1ccc2ccccc2c1. The summed E-state index contributed by atoms with van der Waals surface area (Å²) in [4.78, 5) is 26.6. The van der Waals surface area contributed by atoms with Crippen LogP contribution in [0, 0.1) is 17.8 Å². The predicted octanol–water partition coefficient (Wildman–Crippen LogP) is 6.56. The fourth-order valence-corrected chi connectivity index (χ4v) is 4.94. The highest BCUT2D eigenvalue weighted by Gasteiger charge is 2.42. The Morgan fingerprint density at radius 2 is 1.18 bits per heavy atom. The van der Waals surface area contributed by atoms with Gasteiger partial charge in [0, 0.05) is 0 Å². The molecule has 0 aliphatic heterocycles. The van der Waals surface area contributed by atoms with Crippen LogP contribution >= 0.6 is 0 Å². The van der Waals surface area contributed by atoms with Crippen LogP contribution in [0.4, 0.5) is 0 Å². The number of carbonyl (C=O) groups excluding carboxylic acids is 2. The first-order valence-electron chi connectivity index (χ1n) is 11.5. The second-order valence-corrected chi connectivity index (χ2v) is 8.91. The average molecular weight is 439 g/mol. The fourth-order valence-electron chi connectivity index (χ4n) is 4.94. The highest BCUT2D eigenvalue weighted by atomic mass is 16.6. The molecular formula is C29H26O4. The Kier molecular flexibility index (Phi) is 5.82. The van der Waals surface area contributed by atoms with Crippen LogP contribution in [0.1, 0.15) is 26.2 Å². The first-order chi connectivity index (χ1) is 16.1. The van der Waals surface area contributed by atoms with Crippen molar-refractivity contribution in [3.8, 4) is 11.5 Å². The van der Waals surface area contributed by atoms with Crippen molar-refractivity contribution in [3.05, 3.63) is 84.9 Å². The molecule has 0 spiro atoms. The number of esters is 2. The molecule has 2 atom stereocenters. The zero-order valence-electron chi connectivity index (χ0n) is 18.6. The molecule has 4 nitrogen and oxygen atoms in total. The molecule has 0 heterocycles. The van der Waals surface area contributed by atoms with Crippen LogP contribution in [0.15, 0.2) is 84.9 Å². The third-order valence-corrected chi connectivity index (χ3v) is 6.74. The quantitative estimate of drug-likeness (QED) is 0.201. The summed E-state index contributed by atoms with van der Waals surface area (Å²) in [6, 6.07) is 26.8. The Balaban J connectivity index is 1.40. The van der Waals surface area contributed by atoms with Crippen molar-refractivity contribution in [1.82, 2.24) is 0 Å². The Hall–Kier alpha value is -3.66. The maximum Gasteiger partial charge on any atom is 0.326 e. The minimum Gasteiger partial charge on any atom is -0.426 e. The lowest BCUT2D eigenvalue weighted by molar-refractivity contribution is -0.154. The molecule has 0 aromatic heterocycles. The van der Waals surface area contributed by atoms with Crippen LogP contribution in [0.5, 0.6) is 11.5 Å². The van der Waals surface area contributed by atoms with Gasteiger partial charge in [0.15, 0.2) is 5.92 Å². The Morgan fingerprint density at radius 1 is 0.697 bits per heavy atom. The van der Waals surface area contributed by atoms with Crippen LogP contribution in [0.2, 0.25) is 0 Å². The first-order valence-corrected chi connectivity index (χ1v) is 11.5. The Morgan fingerprint density at radius 3 is 1.64 bits per heavy atom. The molecule has 33 heavy (non-hydrogen) atoms. The van der Waals surface area contributed by atoms with Crippen LogP contribution in [0.3, 0.4) is 0 Å². The van der Waals surface area contributed by atoms with Crippen LogP contribution in [-0.4, -0.2) is 11.9 Å². The van der Waals surface area contributed by atoms with Gasteiger partial charge in [-0.2, -0.15) is 0 Å². The average Bonchev–Trinajstić information content (AvgIpc) is 3.24. The van der Waals surface area contributed by atoms with Gasteiger partial charge in [0.2, 0.25) is 0 Å². The molecule has 1 aliphatic carbocycles. The zero-order valence-corrected chi connectivity index (χ0v) is 18.6. The van der Waals surface area contributed by atoms with E-state index in [1.165, 1.54) is 0 Å². The number of hydrogen-bond donors (Lipinski definition) is 0. The first kappa shape index (κ1) is 21.2. The molecule has 0 saturated heterocycles. The number of ether oxygens (including phenoxy) is 2. The fraction of sp³-hybridized carbons (Fsp3) is 0.241. The second-order valence-electron chi connectivity index (χ2n) is 8.91. The molecule has 0 N–H and O–H groups in total. The summed E-state index contributed by atoms with van der Waals surface area (Å²) in [5, 5.41) is 4.09. The van der Waals surface area contributed by atoms with Crippen molar-refractivity contribution in [3.63, 3.8) is 0 Å². The van der Waals surface area contributed by atoms with E-state index >= 15 is 0 Å². The van der Waals surface area contributed by atoms with Crippen molar-refractivity contribution in [2.24, 2.45) is 17.8 Å². The van der Waals surface area contributed by atoms with E-state index in [2.05, 4.69) is 6.92 Å². The highest BCUT2D eigenvalue weighted by Crippen LogP contribution is 2.38. The van der Waals surface area contributed by atoms with Gasteiger partial charge in [-0.25, -0.2) is 0 Å². The topological polar surface area (TPSA) is 52.6 Å². The van der Waals surface area contributed by atoms with Crippen molar-refractivity contribution in [1.29, 1.82) is 0 Å². The Labute approximate surface area is 193 Å². The number of carbonyl (C=O) groups is 2. The molecule has 1 saturated carbocycles. The molecule has 166 valence electrons. The molecule has 1 aliphatic rings. The van der Waals surface area contributed by atoms with Gasteiger partial charge in [0.05, 0.1) is 0 Å². The maximum absolute atomic E-state index is 13.3. The third kappa shape index (κ3) is 4.47. The standard InChI is InChI=1S/C29H26O4/c1-19-7-6-12-26(19)27(28(30)32-24-15-13-20-8-2-4-10-22(20)17-24)29(31)33-25-16-14-21-9-3-5-11-23(21)18-25/h2-5,8-11,13-19,26-27H,6-7,12H2,1H3. The van der Waals surface area contributed by atoms with Crippen molar-refractivity contribution >= 4 is 33.5 Å². The number of fused-ring (bicyclic) bond motifs is 2. The summed E-state index contributed by atoms with van der Waals surface area (Å²) in [6.45, 7) is 2.09. The summed E-state index contributed by atoms with van der Waals surface area (Å²) in [7, 11) is 0. The van der Waals surface area contributed by atoms with E-state index in [1.807, 2.05) is 72.8 Å². The van der Waals surface area contributed by atoms with E-state index in [0.717, 1.165) is 40.8 Å². The molecule has 1 fully saturated rings. The van der Waals surface area contributed by atoms with E-state index in [1.54, 1.807) is 12.1 Å². The Bertz CT molecular complexity index is 1230. The molecule has 5 rings (SSSR count). The molecule has 2 unspecified atom stereocenters. The molecular weight excluding hydrogens is 412 g/mol. The second kappa shape index (κ2) is 9.07. The minimum atomic E-state index is -0.958. The number of benzene rings is 4. The maximum atomic E-state index is 13.3. The number of hydrogen-bond acceptors (Lipinski definition) is 4. The van der Waals surface area contributed by atoms with Crippen molar-refractivity contribution in [2.45, 2.75) is 26.2 Å². The lowest BCUT2D eigenvalue weighted by Gasteiger charge is -2.24. The van der Waals surface area contributed by atoms with E-state index in [0.29, 0.717) is 11.5 Å². The molecule has 4 aromatic carbocycles. The smallest absolute Gasteiger partial charge is 0.326 e. The van der Waals surface area contributed by atoms with Crippen LogP contribution < -0.4 is 9.47 Å². The third-order valence-electron chi connectivity index (χ3n) is 6.74. The largest absolute Gasteiger partial charge is 0.426 e. The zero-order chi connectivity index (χ0) is 22.8. The van der Waals surface area contributed by atoms with E-state index in [9.17, 15) is 9.59 Å². The molecule has 0 bridgehead atoms. The van der Waals surface area contributed by atoms with E-state index in [4.69, 9.17) is 9.47 Å². The lowest BCUT2D eigenvalue weighted by atomic mass is 9.84. The summed E-state index contributed by atoms with van der Waals surface area (Å²) in [5.41, 5.74) is 0. The van der Waals surface area contributed by atoms with Gasteiger partial charge in [0.25, 0.3) is 0 Å². The van der Waals surface area contributed by atoms with Gasteiger partial charge >= 0.3 is 11.9 Å². The number of rotatable bonds is 5. The van der Waals surface area contributed by atoms with E-state index in [-0.39, 0.29) is 11.8 Å². The summed E-state index contributed by atoms with van der Waals surface area (Å²) >= 11 is 0.